The van der Waals surface area contributed by atoms with Crippen LogP contribution in [0.15, 0.2) is 84.9 Å². The van der Waals surface area contributed by atoms with Crippen molar-refractivity contribution in [2.24, 2.45) is 0 Å². The van der Waals surface area contributed by atoms with Crippen molar-refractivity contribution in [2.75, 3.05) is 0 Å². The summed E-state index contributed by atoms with van der Waals surface area (Å²) in [7, 11) is -0.394. The van der Waals surface area contributed by atoms with Crippen LogP contribution in [0.1, 0.15) is 33.6 Å². The first-order valence-electron chi connectivity index (χ1n) is 8.64. The van der Waals surface area contributed by atoms with Gasteiger partial charge in [0.15, 0.2) is 0 Å². The van der Waals surface area contributed by atoms with Gasteiger partial charge in [0.25, 0.3) is 5.78 Å². The molecule has 1 atom stereocenters. The molecule has 0 fully saturated rings. The van der Waals surface area contributed by atoms with Gasteiger partial charge in [-0.1, -0.05) is 78.4 Å². The highest BCUT2D eigenvalue weighted by Gasteiger charge is 2.47. The molecule has 0 saturated carbocycles. The van der Waals surface area contributed by atoms with Crippen LogP contribution in [0, 0.1) is 6.92 Å². The van der Waals surface area contributed by atoms with Crippen LogP contribution in [0.2, 0.25) is 0 Å². The Morgan fingerprint density at radius 2 is 1.48 bits per heavy atom. The second-order valence-corrected chi connectivity index (χ2v) is 6.39. The van der Waals surface area contributed by atoms with E-state index < -0.39 is 7.12 Å². The molecule has 3 heteroatoms. The highest BCUT2D eigenvalue weighted by atomic mass is 16.6. The number of ketones is 1. The SMILES string of the molecule is Cc1ccc(B2OC(c3ccccc3)CC(c3ccccc3)=[O+]2)cc1. The molecule has 4 rings (SSSR count). The van der Waals surface area contributed by atoms with Crippen LogP contribution < -0.4 is 5.46 Å². The Labute approximate surface area is 148 Å². The van der Waals surface area contributed by atoms with Crippen LogP contribution in [-0.2, 0) is 4.65 Å². The largest absolute Gasteiger partial charge is 0.874 e. The molecule has 1 heterocycles. The normalized spacial score (nSPS) is 17.2. The van der Waals surface area contributed by atoms with E-state index in [1.54, 1.807) is 0 Å². The van der Waals surface area contributed by atoms with E-state index in [9.17, 15) is 0 Å². The minimum Gasteiger partial charge on any atom is -0.350 e. The van der Waals surface area contributed by atoms with E-state index in [1.807, 2.05) is 24.3 Å². The number of hydrogen-bond acceptors (Lipinski definition) is 1. The van der Waals surface area contributed by atoms with E-state index in [4.69, 9.17) is 9.00 Å². The fourth-order valence-corrected chi connectivity index (χ4v) is 3.12. The molecule has 25 heavy (non-hydrogen) atoms. The van der Waals surface area contributed by atoms with Gasteiger partial charge in [0.1, 0.15) is 0 Å². The minimum absolute atomic E-state index is 0.0172. The molecule has 1 unspecified atom stereocenters. The van der Waals surface area contributed by atoms with E-state index in [2.05, 4.69) is 67.6 Å². The zero-order valence-electron chi connectivity index (χ0n) is 14.3. The molecule has 0 aromatic heterocycles. The summed E-state index contributed by atoms with van der Waals surface area (Å²) in [6, 6.07) is 29.0. The van der Waals surface area contributed by atoms with Crippen molar-refractivity contribution >= 4 is 18.4 Å². The number of benzene rings is 3. The quantitative estimate of drug-likeness (QED) is 0.520. The molecule has 3 aromatic carbocycles. The summed E-state index contributed by atoms with van der Waals surface area (Å²) in [6.07, 6.45) is 0.715. The first-order valence-corrected chi connectivity index (χ1v) is 8.64. The Balaban J connectivity index is 1.72. The summed E-state index contributed by atoms with van der Waals surface area (Å²) >= 11 is 0. The van der Waals surface area contributed by atoms with Gasteiger partial charge in [-0.3, -0.25) is 0 Å². The molecule has 0 aliphatic carbocycles. The Morgan fingerprint density at radius 3 is 2.16 bits per heavy atom. The molecule has 122 valence electrons. The third-order valence-corrected chi connectivity index (χ3v) is 4.52. The van der Waals surface area contributed by atoms with Gasteiger partial charge in [0, 0.05) is 0 Å². The molecule has 0 amide bonds. The lowest BCUT2D eigenvalue weighted by atomic mass is 9.76. The maximum atomic E-state index is 6.31. The standard InChI is InChI=1S/C22H20BO2/c1-17-12-14-20(15-13-17)23-24-21(18-8-4-2-5-9-18)16-22(25-23)19-10-6-3-7-11-19/h2-15,21H,16H2,1H3/q+1. The zero-order chi connectivity index (χ0) is 17.1. The Morgan fingerprint density at radius 1 is 0.840 bits per heavy atom. The lowest BCUT2D eigenvalue weighted by Crippen LogP contribution is -2.39. The van der Waals surface area contributed by atoms with Crippen molar-refractivity contribution in [1.29, 1.82) is 0 Å². The van der Waals surface area contributed by atoms with Gasteiger partial charge in [-0.2, -0.15) is 0 Å². The van der Waals surface area contributed by atoms with Crippen molar-refractivity contribution < 1.29 is 9.00 Å². The molecule has 0 radical (unpaired) electrons. The third-order valence-electron chi connectivity index (χ3n) is 4.52. The Bertz CT molecular complexity index is 858. The average molecular weight is 327 g/mol. The summed E-state index contributed by atoms with van der Waals surface area (Å²) in [5.74, 6) is 0.978. The van der Waals surface area contributed by atoms with Crippen molar-refractivity contribution in [1.82, 2.24) is 0 Å². The molecule has 0 spiro atoms. The fourth-order valence-electron chi connectivity index (χ4n) is 3.12. The number of hydrogen-bond donors (Lipinski definition) is 0. The smallest absolute Gasteiger partial charge is 0.350 e. The summed E-state index contributed by atoms with van der Waals surface area (Å²) < 4.78 is 12.6. The zero-order valence-corrected chi connectivity index (χ0v) is 14.3. The summed E-state index contributed by atoms with van der Waals surface area (Å²) in [6.45, 7) is 2.08. The van der Waals surface area contributed by atoms with Crippen LogP contribution in [-0.4, -0.2) is 12.9 Å². The highest BCUT2D eigenvalue weighted by molar-refractivity contribution is 6.60. The van der Waals surface area contributed by atoms with E-state index in [0.29, 0.717) is 0 Å². The second-order valence-electron chi connectivity index (χ2n) is 6.39. The predicted molar refractivity (Wildman–Crippen MR) is 102 cm³/mol. The number of carbonyl (C=O) groups excluding carboxylic acids is 1. The maximum Gasteiger partial charge on any atom is 0.874 e. The fraction of sp³-hybridized carbons (Fsp3) is 0.136. The molecule has 0 bridgehead atoms. The Hall–Kier alpha value is -2.65. The third kappa shape index (κ3) is 3.57. The van der Waals surface area contributed by atoms with E-state index in [0.717, 1.165) is 23.2 Å². The highest BCUT2D eigenvalue weighted by Crippen LogP contribution is 2.28. The van der Waals surface area contributed by atoms with E-state index in [-0.39, 0.29) is 6.10 Å². The predicted octanol–water partition coefficient (Wildman–Crippen LogP) is 4.27. The molecule has 0 N–H and O–H groups in total. The van der Waals surface area contributed by atoms with Gasteiger partial charge in [-0.25, -0.2) is 0 Å². The summed E-state index contributed by atoms with van der Waals surface area (Å²) in [5, 5.41) is 0. The van der Waals surface area contributed by atoms with Crippen molar-refractivity contribution in [2.45, 2.75) is 19.4 Å². The first-order chi connectivity index (χ1) is 12.3. The van der Waals surface area contributed by atoms with E-state index in [1.165, 1.54) is 11.1 Å². The minimum atomic E-state index is -0.394. The lowest BCUT2D eigenvalue weighted by Gasteiger charge is -2.19. The van der Waals surface area contributed by atoms with Gasteiger partial charge in [-0.05, 0) is 24.6 Å². The van der Waals surface area contributed by atoms with Crippen LogP contribution in [0.5, 0.6) is 0 Å². The van der Waals surface area contributed by atoms with Crippen molar-refractivity contribution in [3.05, 3.63) is 102 Å². The molecule has 0 saturated heterocycles. The van der Waals surface area contributed by atoms with Gasteiger partial charge < -0.3 is 9.00 Å². The van der Waals surface area contributed by atoms with Gasteiger partial charge in [0.05, 0.1) is 23.6 Å². The monoisotopic (exact) mass is 327 g/mol. The molecule has 1 aliphatic heterocycles. The molecule has 2 nitrogen and oxygen atoms in total. The maximum absolute atomic E-state index is 6.31. The van der Waals surface area contributed by atoms with Gasteiger partial charge in [-0.15, -0.1) is 0 Å². The van der Waals surface area contributed by atoms with Crippen LogP contribution in [0.25, 0.3) is 0 Å². The van der Waals surface area contributed by atoms with Crippen LogP contribution in [0.4, 0.5) is 0 Å². The summed E-state index contributed by atoms with van der Waals surface area (Å²) in [5.41, 5.74) is 4.56. The average Bonchev–Trinajstić information content (AvgIpc) is 2.69. The molecule has 1 aliphatic rings. The van der Waals surface area contributed by atoms with Crippen LogP contribution >= 0.6 is 0 Å². The topological polar surface area (TPSA) is 20.5 Å². The molecular weight excluding hydrogens is 307 g/mol. The van der Waals surface area contributed by atoms with Crippen LogP contribution in [0.3, 0.4) is 0 Å². The lowest BCUT2D eigenvalue weighted by molar-refractivity contribution is -0.146. The number of aryl methyl sites for hydroxylation is 1. The summed E-state index contributed by atoms with van der Waals surface area (Å²) in [4.78, 5) is 0. The molecular formula is C22H20BO2+. The van der Waals surface area contributed by atoms with E-state index >= 15 is 0 Å². The van der Waals surface area contributed by atoms with Crippen molar-refractivity contribution in [3.63, 3.8) is 0 Å². The second kappa shape index (κ2) is 7.08. The first kappa shape index (κ1) is 15.9. The van der Waals surface area contributed by atoms with Crippen molar-refractivity contribution in [3.8, 4) is 0 Å². The number of rotatable bonds is 3. The van der Waals surface area contributed by atoms with Gasteiger partial charge in [0.2, 0.25) is 0 Å². The van der Waals surface area contributed by atoms with Gasteiger partial charge >= 0.3 is 7.12 Å². The molecule has 3 aromatic rings. The Kier molecular flexibility index (Phi) is 4.49.